The van der Waals surface area contributed by atoms with E-state index in [-0.39, 0.29) is 46.7 Å². The third-order valence-corrected chi connectivity index (χ3v) is 5.51. The summed E-state index contributed by atoms with van der Waals surface area (Å²) in [6.07, 6.45) is 0. The van der Waals surface area contributed by atoms with E-state index in [2.05, 4.69) is 20.7 Å². The number of nitrogens with two attached hydrogens (primary N) is 1. The van der Waals surface area contributed by atoms with Crippen LogP contribution in [0.5, 0.6) is 11.5 Å². The molecule has 178 valence electrons. The molecule has 8 N–H and O–H groups in total. The van der Waals surface area contributed by atoms with Gasteiger partial charge in [0.05, 0.1) is 52.2 Å². The van der Waals surface area contributed by atoms with Crippen LogP contribution in [-0.2, 0) is 6.54 Å². The van der Waals surface area contributed by atoms with Crippen LogP contribution >= 0.6 is 12.4 Å². The molecular weight excluding hydrogens is 448 g/mol. The number of phenols is 2. The molecule has 0 atom stereocenters. The van der Waals surface area contributed by atoms with Crippen LogP contribution in [0.3, 0.4) is 0 Å². The number of nitrogens with one attached hydrogen (secondary N) is 3. The second-order valence-corrected chi connectivity index (χ2v) is 7.57. The van der Waals surface area contributed by atoms with Crippen LogP contribution in [0.1, 0.15) is 0 Å². The molecule has 0 bridgehead atoms. The van der Waals surface area contributed by atoms with Crippen LogP contribution in [0.2, 0.25) is 0 Å². The summed E-state index contributed by atoms with van der Waals surface area (Å²) in [6.45, 7) is 4.04. The van der Waals surface area contributed by atoms with Gasteiger partial charge >= 0.3 is 0 Å². The number of fused-ring (bicyclic) bond motifs is 2. The van der Waals surface area contributed by atoms with Gasteiger partial charge < -0.3 is 31.7 Å². The Kier molecular flexibility index (Phi) is 8.11. The quantitative estimate of drug-likeness (QED) is 0.124. The van der Waals surface area contributed by atoms with Gasteiger partial charge in [-0.3, -0.25) is 19.6 Å². The van der Waals surface area contributed by atoms with Crippen molar-refractivity contribution >= 4 is 45.0 Å². The van der Waals surface area contributed by atoms with E-state index in [1.165, 1.54) is 12.1 Å². The number of phenolic OH excluding ortho intramolecular Hbond substituents is 2. The molecule has 0 saturated heterocycles. The summed E-state index contributed by atoms with van der Waals surface area (Å²) < 4.78 is 1.89. The van der Waals surface area contributed by atoms with Gasteiger partial charge in [-0.2, -0.15) is 0 Å². The third kappa shape index (κ3) is 4.61. The van der Waals surface area contributed by atoms with E-state index in [1.54, 1.807) is 0 Å². The zero-order valence-electron chi connectivity index (χ0n) is 18.1. The average molecular weight is 477 g/mol. The lowest BCUT2D eigenvalue weighted by Crippen LogP contribution is -2.25. The number of aliphatic hydroxyl groups is 1. The molecule has 1 heterocycles. The van der Waals surface area contributed by atoms with Gasteiger partial charge in [-0.25, -0.2) is 0 Å². The third-order valence-electron chi connectivity index (χ3n) is 5.51. The number of H-pyrrole nitrogens is 1. The first-order valence-corrected chi connectivity index (χ1v) is 10.7. The van der Waals surface area contributed by atoms with Crippen molar-refractivity contribution in [1.82, 2.24) is 20.4 Å². The molecule has 10 nitrogen and oxygen atoms in total. The normalized spacial score (nSPS) is 12.2. The molecule has 3 aromatic carbocycles. The standard InChI is InChI=1S/C22H28N6O4.ClH/c23-5-6-24-7-8-26-13-1-2-14-18-17(13)22(32)20-16(31)4-3-15(30)19(20)21(18)27-28(14)11-9-25-10-12-29;/h1-4,24-25,27,29,31-32H,5-12,23H2;1H. The van der Waals surface area contributed by atoms with Gasteiger partial charge in [0.15, 0.2) is 5.43 Å². The van der Waals surface area contributed by atoms with E-state index in [0.29, 0.717) is 67.5 Å². The van der Waals surface area contributed by atoms with Crippen LogP contribution in [-0.4, -0.2) is 71.0 Å². The first-order chi connectivity index (χ1) is 15.6. The second kappa shape index (κ2) is 10.8. The summed E-state index contributed by atoms with van der Waals surface area (Å²) >= 11 is 0. The minimum atomic E-state index is -0.294. The van der Waals surface area contributed by atoms with Gasteiger partial charge in [-0.05, 0) is 24.3 Å². The van der Waals surface area contributed by atoms with Crippen molar-refractivity contribution in [3.8, 4) is 11.5 Å². The monoisotopic (exact) mass is 476 g/mol. The maximum Gasteiger partial charge on any atom is 0.189 e. The van der Waals surface area contributed by atoms with Crippen molar-refractivity contribution in [2.45, 2.75) is 6.54 Å². The van der Waals surface area contributed by atoms with Crippen LogP contribution in [0, 0.1) is 0 Å². The maximum absolute atomic E-state index is 12.7. The van der Waals surface area contributed by atoms with Crippen LogP contribution in [0.25, 0.3) is 32.6 Å². The molecule has 33 heavy (non-hydrogen) atoms. The first kappa shape index (κ1) is 24.7. The summed E-state index contributed by atoms with van der Waals surface area (Å²) in [6, 6.07) is 6.33. The molecule has 4 aromatic rings. The minimum Gasteiger partial charge on any atom is -0.507 e. The number of aromatic nitrogens is 2. The van der Waals surface area contributed by atoms with Crippen molar-refractivity contribution < 1.29 is 15.3 Å². The van der Waals surface area contributed by atoms with Gasteiger partial charge in [-0.1, -0.05) is 0 Å². The van der Waals surface area contributed by atoms with Crippen molar-refractivity contribution in [1.29, 1.82) is 0 Å². The summed E-state index contributed by atoms with van der Waals surface area (Å²) in [7, 11) is 0. The highest BCUT2D eigenvalue weighted by Crippen LogP contribution is 2.41. The SMILES string of the molecule is Cl.NCCNCCN=c1ccc2c3c1c(O)c1c(O)ccc(=O)c1c3[nH]n2CCNCCO. The molecule has 4 rings (SSSR count). The molecule has 0 radical (unpaired) electrons. The van der Waals surface area contributed by atoms with Crippen molar-refractivity contribution in [3.63, 3.8) is 0 Å². The first-order valence-electron chi connectivity index (χ1n) is 10.7. The largest absolute Gasteiger partial charge is 0.507 e. The smallest absolute Gasteiger partial charge is 0.189 e. The topological polar surface area (TPSA) is 161 Å². The highest BCUT2D eigenvalue weighted by atomic mass is 35.5. The fraction of sp³-hybridized carbons (Fsp3) is 0.364. The van der Waals surface area contributed by atoms with E-state index < -0.39 is 0 Å². The number of rotatable bonds is 10. The second-order valence-electron chi connectivity index (χ2n) is 7.57. The Labute approximate surface area is 195 Å². The van der Waals surface area contributed by atoms with Gasteiger partial charge in [0.25, 0.3) is 0 Å². The van der Waals surface area contributed by atoms with Crippen LogP contribution in [0.15, 0.2) is 34.1 Å². The number of aromatic amines is 1. The molecular formula is C22H29ClN6O4. The number of aliphatic hydroxyl groups excluding tert-OH is 1. The summed E-state index contributed by atoms with van der Waals surface area (Å²) in [4.78, 5) is 17.4. The fourth-order valence-corrected chi connectivity index (χ4v) is 4.10. The van der Waals surface area contributed by atoms with E-state index >= 15 is 0 Å². The Morgan fingerprint density at radius 3 is 2.52 bits per heavy atom. The molecule has 0 unspecified atom stereocenters. The molecule has 0 aliphatic heterocycles. The van der Waals surface area contributed by atoms with Crippen LogP contribution in [0.4, 0.5) is 0 Å². The molecule has 1 aromatic heterocycles. The predicted octanol–water partition coefficient (Wildman–Crippen LogP) is -0.0623. The lowest BCUT2D eigenvalue weighted by molar-refractivity contribution is 0.291. The van der Waals surface area contributed by atoms with E-state index in [1.807, 2.05) is 16.8 Å². The molecule has 0 fully saturated rings. The molecule has 0 aliphatic rings. The van der Waals surface area contributed by atoms with Crippen LogP contribution < -0.4 is 27.2 Å². The predicted molar refractivity (Wildman–Crippen MR) is 132 cm³/mol. The van der Waals surface area contributed by atoms with Gasteiger partial charge in [0, 0.05) is 38.1 Å². The summed E-state index contributed by atoms with van der Waals surface area (Å²) in [5.74, 6) is -0.326. The minimum absolute atomic E-state index is 0. The van der Waals surface area contributed by atoms with Crippen molar-refractivity contribution in [3.05, 3.63) is 39.8 Å². The van der Waals surface area contributed by atoms with Gasteiger partial charge in [-0.15, -0.1) is 12.4 Å². The number of nitrogens with zero attached hydrogens (tertiary/aromatic N) is 2. The van der Waals surface area contributed by atoms with E-state index in [0.717, 1.165) is 5.52 Å². The number of benzene rings is 3. The van der Waals surface area contributed by atoms with Crippen molar-refractivity contribution in [2.75, 3.05) is 45.9 Å². The van der Waals surface area contributed by atoms with Gasteiger partial charge in [0.2, 0.25) is 0 Å². The van der Waals surface area contributed by atoms with Gasteiger partial charge in [0.1, 0.15) is 11.5 Å². The molecule has 0 amide bonds. The average Bonchev–Trinajstić information content (AvgIpc) is 3.15. The number of aromatic hydroxyl groups is 2. The maximum atomic E-state index is 12.7. The Morgan fingerprint density at radius 2 is 1.76 bits per heavy atom. The number of hydrogen-bond acceptors (Lipinski definition) is 8. The number of hydrogen-bond donors (Lipinski definition) is 7. The molecule has 0 aliphatic carbocycles. The Bertz CT molecular complexity index is 1370. The van der Waals surface area contributed by atoms with E-state index in [9.17, 15) is 15.0 Å². The zero-order valence-corrected chi connectivity index (χ0v) is 18.9. The summed E-state index contributed by atoms with van der Waals surface area (Å²) in [5, 5.41) is 42.3. The highest BCUT2D eigenvalue weighted by Gasteiger charge is 2.21. The highest BCUT2D eigenvalue weighted by molar-refractivity contribution is 6.23. The molecule has 0 spiro atoms. The Balaban J connectivity index is 0.00000306. The van der Waals surface area contributed by atoms with E-state index in [4.69, 9.17) is 10.8 Å². The fourth-order valence-electron chi connectivity index (χ4n) is 4.10. The lowest BCUT2D eigenvalue weighted by Gasteiger charge is -2.09. The summed E-state index contributed by atoms with van der Waals surface area (Å²) in [5.41, 5.74) is 6.55. The lowest BCUT2D eigenvalue weighted by atomic mass is 9.99. The molecule has 0 saturated carbocycles. The number of halogens is 1. The Hall–Kier alpha value is -2.89. The molecule has 11 heteroatoms. The Morgan fingerprint density at radius 1 is 0.970 bits per heavy atom. The van der Waals surface area contributed by atoms with Crippen molar-refractivity contribution in [2.24, 2.45) is 10.7 Å². The zero-order chi connectivity index (χ0) is 22.7.